The molecule has 0 bridgehead atoms. The van der Waals surface area contributed by atoms with Crippen LogP contribution >= 0.6 is 15.9 Å². The van der Waals surface area contributed by atoms with Crippen LogP contribution in [0.4, 0.5) is 0 Å². The molecule has 3 rings (SSSR count). The molecule has 0 atom stereocenters. The molecule has 0 radical (unpaired) electrons. The quantitative estimate of drug-likeness (QED) is 0.486. The molecule has 1 nitrogen and oxygen atoms in total. The SMILES string of the molecule is Cc1c(Br)c(C)c2c(-c3ccc(C(C)C)cc3)coc2c1C. The van der Waals surface area contributed by atoms with Crippen molar-refractivity contribution in [2.45, 2.75) is 40.5 Å². The standard InChI is InChI=1S/C20H21BrO/c1-11(2)15-6-8-16(9-7-15)17-10-22-20-13(4)12(3)19(21)14(5)18(17)20/h6-11H,1-5H3. The summed E-state index contributed by atoms with van der Waals surface area (Å²) in [6.45, 7) is 10.8. The van der Waals surface area contributed by atoms with Gasteiger partial charge in [-0.1, -0.05) is 54.0 Å². The Morgan fingerprint density at radius 3 is 2.14 bits per heavy atom. The minimum Gasteiger partial charge on any atom is -0.463 e. The Labute approximate surface area is 140 Å². The van der Waals surface area contributed by atoms with E-state index in [-0.39, 0.29) is 0 Å². The van der Waals surface area contributed by atoms with Crippen LogP contribution in [0.1, 0.15) is 42.0 Å². The van der Waals surface area contributed by atoms with E-state index in [1.165, 1.54) is 43.2 Å². The fraction of sp³-hybridized carbons (Fsp3) is 0.300. The Bertz CT molecular complexity index is 839. The smallest absolute Gasteiger partial charge is 0.138 e. The van der Waals surface area contributed by atoms with E-state index in [0.29, 0.717) is 5.92 Å². The summed E-state index contributed by atoms with van der Waals surface area (Å²) in [5.74, 6) is 0.552. The maximum atomic E-state index is 5.91. The van der Waals surface area contributed by atoms with E-state index < -0.39 is 0 Å². The highest BCUT2D eigenvalue weighted by Crippen LogP contribution is 2.40. The Morgan fingerprint density at radius 2 is 1.55 bits per heavy atom. The average Bonchev–Trinajstić information content (AvgIpc) is 2.96. The Balaban J connectivity index is 2.24. The molecule has 22 heavy (non-hydrogen) atoms. The van der Waals surface area contributed by atoms with Gasteiger partial charge in [0, 0.05) is 15.4 Å². The molecule has 1 aromatic heterocycles. The predicted molar refractivity (Wildman–Crippen MR) is 97.7 cm³/mol. The number of halogens is 1. The molecule has 0 aliphatic carbocycles. The molecule has 114 valence electrons. The lowest BCUT2D eigenvalue weighted by atomic mass is 9.95. The molecule has 0 saturated carbocycles. The van der Waals surface area contributed by atoms with Gasteiger partial charge in [-0.05, 0) is 54.5 Å². The van der Waals surface area contributed by atoms with Gasteiger partial charge in [-0.25, -0.2) is 0 Å². The van der Waals surface area contributed by atoms with Crippen LogP contribution in [0.15, 0.2) is 39.4 Å². The normalized spacial score (nSPS) is 11.6. The fourth-order valence-electron chi connectivity index (χ4n) is 2.99. The summed E-state index contributed by atoms with van der Waals surface area (Å²) in [7, 11) is 0. The fourth-order valence-corrected chi connectivity index (χ4v) is 3.49. The molecule has 1 heterocycles. The van der Waals surface area contributed by atoms with Crippen molar-refractivity contribution in [3.63, 3.8) is 0 Å². The monoisotopic (exact) mass is 356 g/mol. The Kier molecular flexibility index (Phi) is 3.90. The molecule has 0 saturated heterocycles. The number of furan rings is 1. The number of hydrogen-bond donors (Lipinski definition) is 0. The average molecular weight is 357 g/mol. The minimum atomic E-state index is 0.552. The van der Waals surface area contributed by atoms with Crippen molar-refractivity contribution < 1.29 is 4.42 Å². The number of benzene rings is 2. The van der Waals surface area contributed by atoms with Crippen molar-refractivity contribution in [2.24, 2.45) is 0 Å². The summed E-state index contributed by atoms with van der Waals surface area (Å²) in [5, 5.41) is 1.22. The number of aryl methyl sites for hydroxylation is 2. The van der Waals surface area contributed by atoms with Crippen LogP contribution in [0, 0.1) is 20.8 Å². The van der Waals surface area contributed by atoms with E-state index in [4.69, 9.17) is 4.42 Å². The molecule has 3 aromatic rings. The summed E-state index contributed by atoms with van der Waals surface area (Å²) in [6, 6.07) is 8.82. The summed E-state index contributed by atoms with van der Waals surface area (Å²) in [4.78, 5) is 0. The first kappa shape index (κ1) is 15.4. The Hall–Kier alpha value is -1.54. The van der Waals surface area contributed by atoms with Crippen LogP contribution in [0.25, 0.3) is 22.1 Å². The third-order valence-electron chi connectivity index (χ3n) is 4.62. The van der Waals surface area contributed by atoms with Crippen molar-refractivity contribution in [3.8, 4) is 11.1 Å². The second-order valence-electron chi connectivity index (χ2n) is 6.32. The largest absolute Gasteiger partial charge is 0.463 e. The molecule has 0 N–H and O–H groups in total. The van der Waals surface area contributed by atoms with Gasteiger partial charge in [0.15, 0.2) is 0 Å². The van der Waals surface area contributed by atoms with Crippen molar-refractivity contribution in [2.75, 3.05) is 0 Å². The van der Waals surface area contributed by atoms with Gasteiger partial charge in [0.2, 0.25) is 0 Å². The molecule has 0 aliphatic heterocycles. The maximum absolute atomic E-state index is 5.91. The summed E-state index contributed by atoms with van der Waals surface area (Å²) < 4.78 is 7.09. The van der Waals surface area contributed by atoms with Gasteiger partial charge in [0.05, 0.1) is 6.26 Å². The molecule has 2 heteroatoms. The van der Waals surface area contributed by atoms with Gasteiger partial charge in [-0.15, -0.1) is 0 Å². The molecular formula is C20H21BrO. The Morgan fingerprint density at radius 1 is 0.909 bits per heavy atom. The van der Waals surface area contributed by atoms with Crippen molar-refractivity contribution >= 4 is 26.9 Å². The minimum absolute atomic E-state index is 0.552. The van der Waals surface area contributed by atoms with Crippen LogP contribution in [0.3, 0.4) is 0 Å². The van der Waals surface area contributed by atoms with E-state index in [1.54, 1.807) is 0 Å². The first-order chi connectivity index (χ1) is 10.4. The number of hydrogen-bond acceptors (Lipinski definition) is 1. The van der Waals surface area contributed by atoms with Gasteiger partial charge in [0.25, 0.3) is 0 Å². The van der Waals surface area contributed by atoms with Gasteiger partial charge in [-0.2, -0.15) is 0 Å². The molecule has 2 aromatic carbocycles. The summed E-state index contributed by atoms with van der Waals surface area (Å²) >= 11 is 3.73. The number of fused-ring (bicyclic) bond motifs is 1. The molecule has 0 spiro atoms. The molecule has 0 unspecified atom stereocenters. The maximum Gasteiger partial charge on any atom is 0.138 e. The zero-order valence-corrected chi connectivity index (χ0v) is 15.3. The van der Waals surface area contributed by atoms with Crippen LogP contribution < -0.4 is 0 Å². The van der Waals surface area contributed by atoms with Gasteiger partial charge in [-0.3, -0.25) is 0 Å². The van der Waals surface area contributed by atoms with E-state index in [1.807, 2.05) is 6.26 Å². The number of rotatable bonds is 2. The zero-order valence-electron chi connectivity index (χ0n) is 13.8. The van der Waals surface area contributed by atoms with Crippen LogP contribution in [-0.4, -0.2) is 0 Å². The highest BCUT2D eigenvalue weighted by molar-refractivity contribution is 9.10. The van der Waals surface area contributed by atoms with Crippen LogP contribution in [0.5, 0.6) is 0 Å². The lowest BCUT2D eigenvalue weighted by Gasteiger charge is -2.10. The van der Waals surface area contributed by atoms with E-state index >= 15 is 0 Å². The van der Waals surface area contributed by atoms with Gasteiger partial charge in [0.1, 0.15) is 5.58 Å². The van der Waals surface area contributed by atoms with E-state index in [0.717, 1.165) is 5.58 Å². The van der Waals surface area contributed by atoms with Crippen molar-refractivity contribution in [1.82, 2.24) is 0 Å². The van der Waals surface area contributed by atoms with E-state index in [9.17, 15) is 0 Å². The van der Waals surface area contributed by atoms with Crippen molar-refractivity contribution in [3.05, 3.63) is 57.3 Å². The highest BCUT2D eigenvalue weighted by atomic mass is 79.9. The third kappa shape index (κ3) is 2.30. The first-order valence-electron chi connectivity index (χ1n) is 7.68. The molecular weight excluding hydrogens is 336 g/mol. The van der Waals surface area contributed by atoms with Crippen LogP contribution in [0.2, 0.25) is 0 Å². The second kappa shape index (κ2) is 5.58. The zero-order chi connectivity index (χ0) is 16.0. The first-order valence-corrected chi connectivity index (χ1v) is 8.48. The highest BCUT2D eigenvalue weighted by Gasteiger charge is 2.17. The lowest BCUT2D eigenvalue weighted by molar-refractivity contribution is 0.613. The molecule has 0 amide bonds. The summed E-state index contributed by atoms with van der Waals surface area (Å²) in [5.41, 5.74) is 8.45. The topological polar surface area (TPSA) is 13.1 Å². The van der Waals surface area contributed by atoms with E-state index in [2.05, 4.69) is 74.8 Å². The lowest BCUT2D eigenvalue weighted by Crippen LogP contribution is -1.90. The second-order valence-corrected chi connectivity index (χ2v) is 7.11. The van der Waals surface area contributed by atoms with Gasteiger partial charge >= 0.3 is 0 Å². The third-order valence-corrected chi connectivity index (χ3v) is 5.81. The predicted octanol–water partition coefficient (Wildman–Crippen LogP) is 6.91. The molecule has 0 aliphatic rings. The molecule has 0 fully saturated rings. The van der Waals surface area contributed by atoms with Crippen LogP contribution in [-0.2, 0) is 0 Å². The van der Waals surface area contributed by atoms with Gasteiger partial charge < -0.3 is 4.42 Å². The summed E-state index contributed by atoms with van der Waals surface area (Å²) in [6.07, 6.45) is 1.89. The van der Waals surface area contributed by atoms with Crippen molar-refractivity contribution in [1.29, 1.82) is 0 Å².